The van der Waals surface area contributed by atoms with E-state index in [1.54, 1.807) is 0 Å². The maximum atomic E-state index is 11.8. The number of thiophene rings is 1. The molecule has 0 saturated heterocycles. The molecule has 16 heavy (non-hydrogen) atoms. The van der Waals surface area contributed by atoms with Crippen LogP contribution in [0.5, 0.6) is 0 Å². The summed E-state index contributed by atoms with van der Waals surface area (Å²) in [7, 11) is 0. The van der Waals surface area contributed by atoms with Crippen LogP contribution in [0.25, 0.3) is 0 Å². The van der Waals surface area contributed by atoms with Gasteiger partial charge in [-0.2, -0.15) is 0 Å². The molecule has 0 aliphatic rings. The zero-order chi connectivity index (χ0) is 12.1. The molecule has 2 N–H and O–H groups in total. The number of rotatable bonds is 5. The van der Waals surface area contributed by atoms with Crippen molar-refractivity contribution < 1.29 is 9.90 Å². The van der Waals surface area contributed by atoms with Crippen molar-refractivity contribution in [2.45, 2.75) is 39.7 Å². The SMILES string of the molecule is CCc1sc(C(=O)N[C@@H](CC)CO)cc1C. The fourth-order valence-corrected chi connectivity index (χ4v) is 2.53. The summed E-state index contributed by atoms with van der Waals surface area (Å²) < 4.78 is 0. The van der Waals surface area contributed by atoms with E-state index in [0.717, 1.165) is 17.7 Å². The Morgan fingerprint density at radius 1 is 1.56 bits per heavy atom. The molecule has 0 unspecified atom stereocenters. The third-order valence-corrected chi connectivity index (χ3v) is 3.99. The van der Waals surface area contributed by atoms with Crippen LogP contribution in [0.2, 0.25) is 0 Å². The van der Waals surface area contributed by atoms with E-state index in [1.807, 2.05) is 19.9 Å². The first-order chi connectivity index (χ1) is 7.62. The summed E-state index contributed by atoms with van der Waals surface area (Å²) in [6.45, 7) is 6.05. The highest BCUT2D eigenvalue weighted by Gasteiger charge is 2.14. The molecule has 0 saturated carbocycles. The fourth-order valence-electron chi connectivity index (χ4n) is 1.52. The van der Waals surface area contributed by atoms with Crippen molar-refractivity contribution in [3.63, 3.8) is 0 Å². The van der Waals surface area contributed by atoms with Gasteiger partial charge >= 0.3 is 0 Å². The van der Waals surface area contributed by atoms with E-state index in [4.69, 9.17) is 5.11 Å². The number of carbonyl (C=O) groups excluding carboxylic acids is 1. The van der Waals surface area contributed by atoms with Gasteiger partial charge in [0.2, 0.25) is 0 Å². The highest BCUT2D eigenvalue weighted by Crippen LogP contribution is 2.22. The van der Waals surface area contributed by atoms with Crippen molar-refractivity contribution in [2.75, 3.05) is 6.61 Å². The lowest BCUT2D eigenvalue weighted by Crippen LogP contribution is -2.36. The summed E-state index contributed by atoms with van der Waals surface area (Å²) in [6, 6.07) is 1.78. The molecule has 1 amide bonds. The first-order valence-electron chi connectivity index (χ1n) is 5.63. The van der Waals surface area contributed by atoms with Crippen LogP contribution in [0.15, 0.2) is 6.07 Å². The molecular weight excluding hydrogens is 222 g/mol. The molecule has 1 atom stereocenters. The minimum absolute atomic E-state index is 0.00671. The Hall–Kier alpha value is -0.870. The molecule has 90 valence electrons. The molecule has 0 bridgehead atoms. The third kappa shape index (κ3) is 3.06. The van der Waals surface area contributed by atoms with Crippen LogP contribution in [-0.4, -0.2) is 23.7 Å². The first-order valence-corrected chi connectivity index (χ1v) is 6.45. The second-order valence-corrected chi connectivity index (χ2v) is 4.97. The lowest BCUT2D eigenvalue weighted by Gasteiger charge is -2.12. The standard InChI is InChI=1S/C12H19NO2S/c1-4-9(7-14)13-12(15)11-6-8(3)10(5-2)16-11/h6,9,14H,4-5,7H2,1-3H3,(H,13,15)/t9-/m0/s1. The topological polar surface area (TPSA) is 49.3 Å². The average molecular weight is 241 g/mol. The number of amides is 1. The third-order valence-electron chi connectivity index (χ3n) is 2.61. The molecule has 0 aliphatic heterocycles. The van der Waals surface area contributed by atoms with E-state index < -0.39 is 0 Å². The quantitative estimate of drug-likeness (QED) is 0.829. The molecule has 1 aromatic heterocycles. The lowest BCUT2D eigenvalue weighted by molar-refractivity contribution is 0.0919. The molecule has 0 radical (unpaired) electrons. The maximum absolute atomic E-state index is 11.8. The number of hydrogen-bond donors (Lipinski definition) is 2. The minimum atomic E-state index is -0.139. The number of nitrogens with one attached hydrogen (secondary N) is 1. The van der Waals surface area contributed by atoms with E-state index in [-0.39, 0.29) is 18.6 Å². The largest absolute Gasteiger partial charge is 0.394 e. The summed E-state index contributed by atoms with van der Waals surface area (Å²) in [4.78, 5) is 13.8. The van der Waals surface area contributed by atoms with Gasteiger partial charge in [-0.15, -0.1) is 11.3 Å². The van der Waals surface area contributed by atoms with Gasteiger partial charge in [-0.1, -0.05) is 13.8 Å². The molecule has 3 nitrogen and oxygen atoms in total. The van der Waals surface area contributed by atoms with Crippen molar-refractivity contribution >= 4 is 17.2 Å². The van der Waals surface area contributed by atoms with Crippen LogP contribution in [0.3, 0.4) is 0 Å². The van der Waals surface area contributed by atoms with Crippen LogP contribution in [0, 0.1) is 6.92 Å². The predicted octanol–water partition coefficient (Wildman–Crippen LogP) is 2.12. The second-order valence-electron chi connectivity index (χ2n) is 3.83. The fraction of sp³-hybridized carbons (Fsp3) is 0.583. The smallest absolute Gasteiger partial charge is 0.261 e. The van der Waals surface area contributed by atoms with Crippen LogP contribution < -0.4 is 5.32 Å². The van der Waals surface area contributed by atoms with Crippen LogP contribution in [0.1, 0.15) is 40.4 Å². The number of carbonyl (C=O) groups is 1. The average Bonchev–Trinajstić information content (AvgIpc) is 2.67. The van der Waals surface area contributed by atoms with Crippen molar-refractivity contribution in [2.24, 2.45) is 0 Å². The van der Waals surface area contributed by atoms with Gasteiger partial charge in [-0.05, 0) is 31.4 Å². The highest BCUT2D eigenvalue weighted by atomic mass is 32.1. The Balaban J connectivity index is 2.72. The van der Waals surface area contributed by atoms with Crippen molar-refractivity contribution in [1.29, 1.82) is 0 Å². The molecule has 1 heterocycles. The van der Waals surface area contributed by atoms with E-state index in [1.165, 1.54) is 21.8 Å². The number of aryl methyl sites for hydroxylation is 2. The summed E-state index contributed by atoms with van der Waals surface area (Å²) in [5.41, 5.74) is 1.18. The van der Waals surface area contributed by atoms with Crippen molar-refractivity contribution in [1.82, 2.24) is 5.32 Å². The molecule has 1 aromatic rings. The van der Waals surface area contributed by atoms with Crippen molar-refractivity contribution in [3.8, 4) is 0 Å². The van der Waals surface area contributed by atoms with Gasteiger partial charge in [0.15, 0.2) is 0 Å². The van der Waals surface area contributed by atoms with E-state index in [0.29, 0.717) is 0 Å². The molecule has 0 fully saturated rings. The first kappa shape index (κ1) is 13.2. The predicted molar refractivity (Wildman–Crippen MR) is 67.1 cm³/mol. The van der Waals surface area contributed by atoms with Gasteiger partial charge in [-0.25, -0.2) is 0 Å². The van der Waals surface area contributed by atoms with Crippen LogP contribution in [0.4, 0.5) is 0 Å². The Bertz CT molecular complexity index is 356. The number of aliphatic hydroxyl groups excluding tert-OH is 1. The molecule has 4 heteroatoms. The Morgan fingerprint density at radius 3 is 2.69 bits per heavy atom. The Kier molecular flexibility index (Phi) is 4.96. The van der Waals surface area contributed by atoms with E-state index in [2.05, 4.69) is 12.2 Å². The normalized spacial score (nSPS) is 12.5. The summed E-state index contributed by atoms with van der Waals surface area (Å²) in [5.74, 6) is -0.0753. The van der Waals surface area contributed by atoms with Crippen molar-refractivity contribution in [3.05, 3.63) is 21.4 Å². The molecule has 0 aromatic carbocycles. The maximum Gasteiger partial charge on any atom is 0.261 e. The minimum Gasteiger partial charge on any atom is -0.394 e. The van der Waals surface area contributed by atoms with E-state index in [9.17, 15) is 4.79 Å². The zero-order valence-electron chi connectivity index (χ0n) is 10.0. The summed E-state index contributed by atoms with van der Waals surface area (Å²) in [5, 5.41) is 11.8. The van der Waals surface area contributed by atoms with Gasteiger partial charge in [0.1, 0.15) is 0 Å². The van der Waals surface area contributed by atoms with Gasteiger partial charge in [0.25, 0.3) is 5.91 Å². The lowest BCUT2D eigenvalue weighted by atomic mass is 10.2. The second kappa shape index (κ2) is 6.01. The Labute approximate surface area is 100 Å². The number of aliphatic hydroxyl groups is 1. The van der Waals surface area contributed by atoms with Gasteiger partial charge in [0, 0.05) is 4.88 Å². The van der Waals surface area contributed by atoms with Crippen LogP contribution >= 0.6 is 11.3 Å². The Morgan fingerprint density at radius 2 is 2.25 bits per heavy atom. The van der Waals surface area contributed by atoms with Gasteiger partial charge < -0.3 is 10.4 Å². The molecule has 1 rings (SSSR count). The summed E-state index contributed by atoms with van der Waals surface area (Å²) >= 11 is 1.54. The highest BCUT2D eigenvalue weighted by molar-refractivity contribution is 7.14. The number of hydrogen-bond acceptors (Lipinski definition) is 3. The van der Waals surface area contributed by atoms with E-state index >= 15 is 0 Å². The molecular formula is C12H19NO2S. The van der Waals surface area contributed by atoms with Gasteiger partial charge in [0.05, 0.1) is 17.5 Å². The monoisotopic (exact) mass is 241 g/mol. The zero-order valence-corrected chi connectivity index (χ0v) is 10.9. The van der Waals surface area contributed by atoms with Crippen LogP contribution in [-0.2, 0) is 6.42 Å². The van der Waals surface area contributed by atoms with Gasteiger partial charge in [-0.3, -0.25) is 4.79 Å². The molecule has 0 aliphatic carbocycles. The molecule has 0 spiro atoms. The summed E-state index contributed by atoms with van der Waals surface area (Å²) in [6.07, 6.45) is 1.70.